The van der Waals surface area contributed by atoms with Crippen LogP contribution in [0.3, 0.4) is 0 Å². The van der Waals surface area contributed by atoms with Crippen molar-refractivity contribution in [3.05, 3.63) is 36.4 Å². The van der Waals surface area contributed by atoms with Gasteiger partial charge in [0.2, 0.25) is 0 Å². The van der Waals surface area contributed by atoms with Crippen LogP contribution in [0.25, 0.3) is 5.69 Å². The average Bonchev–Trinajstić information content (AvgIpc) is 2.78. The number of ether oxygens (including phenoxy) is 1. The lowest BCUT2D eigenvalue weighted by atomic mass is 10.3. The molecular formula is C10H11Cl2N3O. The third kappa shape index (κ3) is 2.65. The molecule has 4 nitrogen and oxygen atoms in total. The van der Waals surface area contributed by atoms with Crippen molar-refractivity contribution in [2.45, 2.75) is 5.88 Å². The van der Waals surface area contributed by atoms with Crippen LogP contribution in [0.4, 0.5) is 0 Å². The molecule has 0 saturated carbocycles. The van der Waals surface area contributed by atoms with Gasteiger partial charge in [-0.2, -0.15) is 5.10 Å². The number of hydrogen-bond acceptors (Lipinski definition) is 3. The fourth-order valence-corrected chi connectivity index (χ4v) is 1.36. The lowest BCUT2D eigenvalue weighted by Gasteiger charge is -2.03. The molecule has 0 saturated heterocycles. The lowest BCUT2D eigenvalue weighted by molar-refractivity contribution is 0.414. The van der Waals surface area contributed by atoms with Crippen LogP contribution in [-0.2, 0) is 5.88 Å². The number of halogens is 2. The number of rotatable bonds is 3. The van der Waals surface area contributed by atoms with Crippen molar-refractivity contribution in [3.63, 3.8) is 0 Å². The van der Waals surface area contributed by atoms with Crippen LogP contribution in [0.1, 0.15) is 5.82 Å². The van der Waals surface area contributed by atoms with Gasteiger partial charge >= 0.3 is 0 Å². The van der Waals surface area contributed by atoms with E-state index in [0.717, 1.165) is 11.4 Å². The minimum atomic E-state index is 0. The zero-order valence-corrected chi connectivity index (χ0v) is 10.2. The van der Waals surface area contributed by atoms with Crippen LogP contribution in [0.2, 0.25) is 0 Å². The van der Waals surface area contributed by atoms with Crippen molar-refractivity contribution >= 4 is 24.0 Å². The van der Waals surface area contributed by atoms with Gasteiger partial charge in [0, 0.05) is 6.07 Å². The zero-order chi connectivity index (χ0) is 10.7. The van der Waals surface area contributed by atoms with Gasteiger partial charge in [0.25, 0.3) is 0 Å². The van der Waals surface area contributed by atoms with Gasteiger partial charge in [-0.3, -0.25) is 0 Å². The fraction of sp³-hybridized carbons (Fsp3) is 0.200. The summed E-state index contributed by atoms with van der Waals surface area (Å²) in [6.07, 6.45) is 1.63. The molecule has 0 fully saturated rings. The van der Waals surface area contributed by atoms with Crippen LogP contribution < -0.4 is 4.74 Å². The van der Waals surface area contributed by atoms with E-state index in [1.54, 1.807) is 18.1 Å². The molecule has 0 amide bonds. The van der Waals surface area contributed by atoms with Crippen LogP contribution in [0.5, 0.6) is 5.75 Å². The molecule has 0 spiro atoms. The predicted molar refractivity (Wildman–Crippen MR) is 64.7 cm³/mol. The summed E-state index contributed by atoms with van der Waals surface area (Å²) in [7, 11) is 1.63. The third-order valence-electron chi connectivity index (χ3n) is 1.98. The van der Waals surface area contributed by atoms with Gasteiger partial charge in [-0.05, 0) is 12.1 Å². The van der Waals surface area contributed by atoms with Gasteiger partial charge in [-0.1, -0.05) is 6.07 Å². The maximum Gasteiger partial charge on any atom is 0.165 e. The second kappa shape index (κ2) is 5.72. The molecule has 16 heavy (non-hydrogen) atoms. The largest absolute Gasteiger partial charge is 0.497 e. The Bertz CT molecular complexity index is 459. The Morgan fingerprint density at radius 2 is 2.25 bits per heavy atom. The summed E-state index contributed by atoms with van der Waals surface area (Å²) in [6.45, 7) is 0. The quantitative estimate of drug-likeness (QED) is 0.796. The van der Waals surface area contributed by atoms with E-state index in [0.29, 0.717) is 11.7 Å². The Labute approximate surface area is 105 Å². The van der Waals surface area contributed by atoms with Crippen LogP contribution in [0, 0.1) is 0 Å². The van der Waals surface area contributed by atoms with Gasteiger partial charge in [-0.25, -0.2) is 9.67 Å². The van der Waals surface area contributed by atoms with Crippen molar-refractivity contribution < 1.29 is 4.74 Å². The van der Waals surface area contributed by atoms with Crippen molar-refractivity contribution in [1.82, 2.24) is 14.8 Å². The van der Waals surface area contributed by atoms with E-state index < -0.39 is 0 Å². The molecule has 2 rings (SSSR count). The van der Waals surface area contributed by atoms with Crippen molar-refractivity contribution in [2.75, 3.05) is 7.11 Å². The summed E-state index contributed by atoms with van der Waals surface area (Å²) in [4.78, 5) is 4.05. The number of hydrogen-bond donors (Lipinski definition) is 0. The normalized spacial score (nSPS) is 9.62. The Balaban J connectivity index is 0.00000128. The molecule has 0 unspecified atom stereocenters. The molecular weight excluding hydrogens is 249 g/mol. The highest BCUT2D eigenvalue weighted by Gasteiger charge is 2.02. The van der Waals surface area contributed by atoms with Crippen LogP contribution in [-0.4, -0.2) is 21.9 Å². The lowest BCUT2D eigenvalue weighted by Crippen LogP contribution is -1.96. The van der Waals surface area contributed by atoms with Gasteiger partial charge in [-0.15, -0.1) is 24.0 Å². The summed E-state index contributed by atoms with van der Waals surface area (Å²) >= 11 is 5.62. The summed E-state index contributed by atoms with van der Waals surface area (Å²) in [5.74, 6) is 1.71. The molecule has 0 radical (unpaired) electrons. The average molecular weight is 260 g/mol. The third-order valence-corrected chi connectivity index (χ3v) is 2.22. The summed E-state index contributed by atoms with van der Waals surface area (Å²) < 4.78 is 6.79. The molecule has 1 aromatic carbocycles. The van der Waals surface area contributed by atoms with Crippen molar-refractivity contribution in [3.8, 4) is 11.4 Å². The molecule has 1 heterocycles. The SMILES string of the molecule is COc1cccc(-n2cnc(CCl)n2)c1.Cl. The first-order valence-corrected chi connectivity index (χ1v) is 4.98. The Morgan fingerprint density at radius 1 is 1.44 bits per heavy atom. The van der Waals surface area contributed by atoms with E-state index in [2.05, 4.69) is 10.1 Å². The number of alkyl halides is 1. The van der Waals surface area contributed by atoms with E-state index in [-0.39, 0.29) is 12.4 Å². The smallest absolute Gasteiger partial charge is 0.165 e. The molecule has 0 aliphatic carbocycles. The predicted octanol–water partition coefficient (Wildman–Crippen LogP) is 2.44. The minimum absolute atomic E-state index is 0. The maximum absolute atomic E-state index is 5.62. The topological polar surface area (TPSA) is 39.9 Å². The summed E-state index contributed by atoms with van der Waals surface area (Å²) in [6, 6.07) is 7.58. The zero-order valence-electron chi connectivity index (χ0n) is 8.63. The second-order valence-corrected chi connectivity index (χ2v) is 3.21. The van der Waals surface area contributed by atoms with Crippen LogP contribution >= 0.6 is 24.0 Å². The highest BCUT2D eigenvalue weighted by Crippen LogP contribution is 2.15. The molecule has 0 aliphatic heterocycles. The van der Waals surface area contributed by atoms with Gasteiger partial charge < -0.3 is 4.74 Å². The first-order chi connectivity index (χ1) is 7.33. The first-order valence-electron chi connectivity index (χ1n) is 4.44. The summed E-state index contributed by atoms with van der Waals surface area (Å²) in [5.41, 5.74) is 0.901. The van der Waals surface area contributed by atoms with Crippen molar-refractivity contribution in [2.24, 2.45) is 0 Å². The van der Waals surface area contributed by atoms with E-state index in [9.17, 15) is 0 Å². The highest BCUT2D eigenvalue weighted by atomic mass is 35.5. The molecule has 1 aromatic heterocycles. The van der Waals surface area contributed by atoms with E-state index in [1.807, 2.05) is 24.3 Å². The number of methoxy groups -OCH3 is 1. The molecule has 0 atom stereocenters. The minimum Gasteiger partial charge on any atom is -0.497 e. The number of benzene rings is 1. The summed E-state index contributed by atoms with van der Waals surface area (Å²) in [5, 5.41) is 4.19. The van der Waals surface area contributed by atoms with Crippen LogP contribution in [0.15, 0.2) is 30.6 Å². The number of nitrogens with zero attached hydrogens (tertiary/aromatic N) is 3. The first kappa shape index (κ1) is 12.8. The number of aromatic nitrogens is 3. The maximum atomic E-state index is 5.62. The van der Waals surface area contributed by atoms with Gasteiger partial charge in [0.05, 0.1) is 18.7 Å². The van der Waals surface area contributed by atoms with E-state index >= 15 is 0 Å². The molecule has 86 valence electrons. The Morgan fingerprint density at radius 3 is 2.88 bits per heavy atom. The van der Waals surface area contributed by atoms with Crippen molar-refractivity contribution in [1.29, 1.82) is 0 Å². The second-order valence-electron chi connectivity index (χ2n) is 2.94. The van der Waals surface area contributed by atoms with E-state index in [4.69, 9.17) is 16.3 Å². The highest BCUT2D eigenvalue weighted by molar-refractivity contribution is 6.16. The molecule has 0 N–H and O–H groups in total. The Kier molecular flexibility index (Phi) is 4.58. The molecule has 0 aliphatic rings. The van der Waals surface area contributed by atoms with Gasteiger partial charge in [0.1, 0.15) is 12.1 Å². The van der Waals surface area contributed by atoms with Gasteiger partial charge in [0.15, 0.2) is 5.82 Å². The molecule has 6 heteroatoms. The Hall–Kier alpha value is -1.26. The molecule has 0 bridgehead atoms. The fourth-order valence-electron chi connectivity index (χ4n) is 1.24. The standard InChI is InChI=1S/C10H10ClN3O.ClH/c1-15-9-4-2-3-8(5-9)14-7-12-10(6-11)13-14;/h2-5,7H,6H2,1H3;1H. The van der Waals surface area contributed by atoms with E-state index in [1.165, 1.54) is 0 Å². The monoisotopic (exact) mass is 259 g/mol. The molecule has 2 aromatic rings.